The lowest BCUT2D eigenvalue weighted by Crippen LogP contribution is -2.27. The summed E-state index contributed by atoms with van der Waals surface area (Å²) >= 11 is 0. The summed E-state index contributed by atoms with van der Waals surface area (Å²) in [6.07, 6.45) is 3.74. The Morgan fingerprint density at radius 2 is 1.60 bits per heavy atom. The lowest BCUT2D eigenvalue weighted by atomic mass is 10.2. The quantitative estimate of drug-likeness (QED) is 0.818. The summed E-state index contributed by atoms with van der Waals surface area (Å²) in [5.74, 6) is 0.880. The number of rotatable bonds is 6. The SMILES string of the molecule is C1=Cc2ccccc2ON1.CCO[Si](OCC)OCC. The topological polar surface area (TPSA) is 49.0 Å². The van der Waals surface area contributed by atoms with Crippen LogP contribution in [0.5, 0.6) is 5.75 Å². The molecule has 0 unspecified atom stereocenters. The molecule has 111 valence electrons. The second-order valence-electron chi connectivity index (χ2n) is 3.64. The predicted octanol–water partition coefficient (Wildman–Crippen LogP) is 2.64. The minimum absolute atomic E-state index is 0.661. The number of nitrogens with one attached hydrogen (secondary N) is 1. The zero-order valence-corrected chi connectivity index (χ0v) is 13.2. The predicted molar refractivity (Wildman–Crippen MR) is 79.9 cm³/mol. The summed E-state index contributed by atoms with van der Waals surface area (Å²) in [6.45, 7) is 7.78. The molecule has 0 saturated carbocycles. The molecule has 1 aromatic carbocycles. The molecule has 1 radical (unpaired) electrons. The first-order valence-electron chi connectivity index (χ1n) is 6.75. The number of benzene rings is 1. The number of hydroxylamine groups is 1. The first-order valence-corrected chi connectivity index (χ1v) is 7.97. The fraction of sp³-hybridized carbons (Fsp3) is 0.429. The number of hydrogen-bond acceptors (Lipinski definition) is 5. The first kappa shape index (κ1) is 16.7. The van der Waals surface area contributed by atoms with E-state index in [4.69, 9.17) is 18.1 Å². The lowest BCUT2D eigenvalue weighted by molar-refractivity contribution is 0.107. The minimum Gasteiger partial charge on any atom is -0.382 e. The van der Waals surface area contributed by atoms with Crippen molar-refractivity contribution in [3.8, 4) is 5.75 Å². The molecule has 1 aliphatic heterocycles. The third kappa shape index (κ3) is 6.20. The van der Waals surface area contributed by atoms with Crippen molar-refractivity contribution in [3.05, 3.63) is 36.0 Å². The van der Waals surface area contributed by atoms with Crippen molar-refractivity contribution in [2.75, 3.05) is 19.8 Å². The van der Waals surface area contributed by atoms with E-state index in [1.165, 1.54) is 0 Å². The van der Waals surface area contributed by atoms with Crippen molar-refractivity contribution in [1.29, 1.82) is 0 Å². The molecule has 1 N–H and O–H groups in total. The van der Waals surface area contributed by atoms with Gasteiger partial charge in [0, 0.05) is 31.6 Å². The smallest absolute Gasteiger partial charge is 0.382 e. The van der Waals surface area contributed by atoms with Crippen molar-refractivity contribution in [3.63, 3.8) is 0 Å². The van der Waals surface area contributed by atoms with Gasteiger partial charge in [-0.3, -0.25) is 0 Å². The molecule has 1 aromatic rings. The molecule has 5 nitrogen and oxygen atoms in total. The summed E-state index contributed by atoms with van der Waals surface area (Å²) in [7, 11) is -1.40. The van der Waals surface area contributed by atoms with Gasteiger partial charge in [0.2, 0.25) is 0 Å². The van der Waals surface area contributed by atoms with Gasteiger partial charge in [0.15, 0.2) is 5.75 Å². The number of para-hydroxylation sites is 1. The van der Waals surface area contributed by atoms with Crippen LogP contribution in [0.1, 0.15) is 26.3 Å². The Bertz CT molecular complexity index is 386. The Kier molecular flexibility index (Phi) is 8.73. The van der Waals surface area contributed by atoms with Gasteiger partial charge in [-0.05, 0) is 32.9 Å². The molecule has 0 amide bonds. The Morgan fingerprint density at radius 1 is 1.00 bits per heavy atom. The van der Waals surface area contributed by atoms with Gasteiger partial charge in [-0.25, -0.2) is 5.48 Å². The highest BCUT2D eigenvalue weighted by atomic mass is 28.3. The molecule has 0 spiro atoms. The van der Waals surface area contributed by atoms with E-state index >= 15 is 0 Å². The van der Waals surface area contributed by atoms with E-state index in [1.54, 1.807) is 6.20 Å². The molecule has 6 heteroatoms. The van der Waals surface area contributed by atoms with E-state index in [0.717, 1.165) is 11.3 Å². The van der Waals surface area contributed by atoms with Gasteiger partial charge < -0.3 is 18.1 Å². The van der Waals surface area contributed by atoms with Gasteiger partial charge in [-0.1, -0.05) is 18.2 Å². The molecule has 0 atom stereocenters. The van der Waals surface area contributed by atoms with Crippen LogP contribution in [0.15, 0.2) is 30.5 Å². The van der Waals surface area contributed by atoms with E-state index in [1.807, 2.05) is 51.1 Å². The average Bonchev–Trinajstić information content (AvgIpc) is 2.49. The van der Waals surface area contributed by atoms with Crippen molar-refractivity contribution in [1.82, 2.24) is 5.48 Å². The maximum Gasteiger partial charge on any atom is 0.577 e. The summed E-state index contributed by atoms with van der Waals surface area (Å²) in [4.78, 5) is 5.09. The standard InChI is InChI=1S/C8H7NO.C6H15O3Si/c1-2-4-8-7(3-1)5-6-9-10-8;1-4-7-10(8-5-2)9-6-3/h1-6,9H;4-6H2,1-3H3. The fourth-order valence-electron chi connectivity index (χ4n) is 1.41. The van der Waals surface area contributed by atoms with E-state index in [2.05, 4.69) is 5.48 Å². The zero-order chi connectivity index (χ0) is 14.6. The minimum atomic E-state index is -1.40. The fourth-order valence-corrected chi connectivity index (χ4v) is 2.37. The van der Waals surface area contributed by atoms with Crippen LogP contribution >= 0.6 is 0 Å². The summed E-state index contributed by atoms with van der Waals surface area (Å²) < 4.78 is 15.5. The van der Waals surface area contributed by atoms with Gasteiger partial charge >= 0.3 is 9.53 Å². The third-order valence-corrected chi connectivity index (χ3v) is 3.78. The van der Waals surface area contributed by atoms with Crippen LogP contribution in [0, 0.1) is 0 Å². The van der Waals surface area contributed by atoms with E-state index in [-0.39, 0.29) is 0 Å². The molecular weight excluding hydrogens is 274 g/mol. The molecule has 20 heavy (non-hydrogen) atoms. The first-order chi connectivity index (χ1) is 9.81. The Hall–Kier alpha value is -1.34. The number of fused-ring (bicyclic) bond motifs is 1. The van der Waals surface area contributed by atoms with E-state index in [9.17, 15) is 0 Å². The van der Waals surface area contributed by atoms with Crippen LogP contribution in [0.3, 0.4) is 0 Å². The molecule has 1 aliphatic rings. The van der Waals surface area contributed by atoms with Crippen LogP contribution in [-0.4, -0.2) is 29.3 Å². The van der Waals surface area contributed by atoms with Crippen LogP contribution in [0.4, 0.5) is 0 Å². The molecule has 0 bridgehead atoms. The maximum absolute atomic E-state index is 5.18. The highest BCUT2D eigenvalue weighted by Gasteiger charge is 2.15. The molecule has 1 heterocycles. The summed E-state index contributed by atoms with van der Waals surface area (Å²) in [5, 5.41) is 0. The number of hydrogen-bond donors (Lipinski definition) is 1. The average molecular weight is 296 g/mol. The Labute approximate surface area is 122 Å². The van der Waals surface area contributed by atoms with Crippen molar-refractivity contribution in [2.45, 2.75) is 20.8 Å². The summed E-state index contributed by atoms with van der Waals surface area (Å²) in [6, 6.07) is 7.86. The van der Waals surface area contributed by atoms with E-state index < -0.39 is 9.53 Å². The van der Waals surface area contributed by atoms with Crippen molar-refractivity contribution in [2.24, 2.45) is 0 Å². The molecule has 0 aliphatic carbocycles. The van der Waals surface area contributed by atoms with Gasteiger partial charge in [0.1, 0.15) is 0 Å². The molecule has 0 saturated heterocycles. The second-order valence-corrected chi connectivity index (χ2v) is 5.01. The largest absolute Gasteiger partial charge is 0.577 e. The van der Waals surface area contributed by atoms with Crippen LogP contribution in [-0.2, 0) is 13.3 Å². The Morgan fingerprint density at radius 3 is 2.15 bits per heavy atom. The molecule has 0 fully saturated rings. The van der Waals surface area contributed by atoms with Gasteiger partial charge in [0.05, 0.1) is 0 Å². The monoisotopic (exact) mass is 296 g/mol. The Balaban J connectivity index is 0.000000200. The van der Waals surface area contributed by atoms with E-state index in [0.29, 0.717) is 19.8 Å². The molecule has 2 rings (SSSR count). The van der Waals surface area contributed by atoms with Gasteiger partial charge in [-0.2, -0.15) is 0 Å². The molecular formula is C14H22NO4Si. The normalized spacial score (nSPS) is 12.0. The van der Waals surface area contributed by atoms with Crippen molar-refractivity contribution < 1.29 is 18.1 Å². The highest BCUT2D eigenvalue weighted by Crippen LogP contribution is 2.20. The molecule has 0 aromatic heterocycles. The van der Waals surface area contributed by atoms with Crippen LogP contribution in [0.2, 0.25) is 0 Å². The van der Waals surface area contributed by atoms with Crippen molar-refractivity contribution >= 4 is 15.6 Å². The van der Waals surface area contributed by atoms with Crippen LogP contribution in [0.25, 0.3) is 6.08 Å². The van der Waals surface area contributed by atoms with Gasteiger partial charge in [-0.15, -0.1) is 0 Å². The zero-order valence-electron chi connectivity index (χ0n) is 12.2. The second kappa shape index (κ2) is 10.4. The van der Waals surface area contributed by atoms with Crippen LogP contribution < -0.4 is 10.3 Å². The third-order valence-electron chi connectivity index (χ3n) is 2.21. The maximum atomic E-state index is 5.18. The highest BCUT2D eigenvalue weighted by molar-refractivity contribution is 6.36. The summed E-state index contributed by atoms with van der Waals surface area (Å²) in [5.41, 5.74) is 3.77. The van der Waals surface area contributed by atoms with Gasteiger partial charge in [0.25, 0.3) is 0 Å². The lowest BCUT2D eigenvalue weighted by Gasteiger charge is -2.11.